The van der Waals surface area contributed by atoms with Gasteiger partial charge in [0, 0.05) is 22.3 Å². The van der Waals surface area contributed by atoms with Crippen molar-refractivity contribution < 1.29 is 0 Å². The predicted molar refractivity (Wildman–Crippen MR) is 83.7 cm³/mol. The summed E-state index contributed by atoms with van der Waals surface area (Å²) in [6.45, 7) is 7.44. The zero-order valence-electron chi connectivity index (χ0n) is 11.1. The maximum Gasteiger partial charge on any atom is 0.0346 e. The van der Waals surface area contributed by atoms with Crippen LogP contribution < -0.4 is 5.32 Å². The van der Waals surface area contributed by atoms with Gasteiger partial charge in [-0.2, -0.15) is 0 Å². The molecule has 0 radical (unpaired) electrons. The van der Waals surface area contributed by atoms with Crippen LogP contribution in [-0.2, 0) is 6.54 Å². The van der Waals surface area contributed by atoms with Gasteiger partial charge in [0.1, 0.15) is 0 Å². The largest absolute Gasteiger partial charge is 0.310 e. The Morgan fingerprint density at radius 2 is 1.72 bits per heavy atom. The molecule has 98 valence electrons. The Labute approximate surface area is 120 Å². The van der Waals surface area contributed by atoms with Crippen molar-refractivity contribution in [3.8, 4) is 10.4 Å². The SMILES string of the molecule is Cc1ccc(-c2ccc(CNC(C)C)s2)cc1.Cl. The average molecular weight is 282 g/mol. The van der Waals surface area contributed by atoms with Crippen LogP contribution in [-0.4, -0.2) is 6.04 Å². The molecule has 0 saturated carbocycles. The third kappa shape index (κ3) is 4.13. The minimum absolute atomic E-state index is 0. The van der Waals surface area contributed by atoms with Crippen LogP contribution in [0.5, 0.6) is 0 Å². The summed E-state index contributed by atoms with van der Waals surface area (Å²) in [6.07, 6.45) is 0. The maximum atomic E-state index is 3.45. The molecular weight excluding hydrogens is 262 g/mol. The van der Waals surface area contributed by atoms with Crippen molar-refractivity contribution in [1.82, 2.24) is 5.32 Å². The highest BCUT2D eigenvalue weighted by atomic mass is 35.5. The van der Waals surface area contributed by atoms with Gasteiger partial charge in [-0.15, -0.1) is 23.7 Å². The van der Waals surface area contributed by atoms with E-state index < -0.39 is 0 Å². The molecule has 1 nitrogen and oxygen atoms in total. The number of aryl methyl sites for hydroxylation is 1. The van der Waals surface area contributed by atoms with Crippen LogP contribution in [0.1, 0.15) is 24.3 Å². The molecule has 18 heavy (non-hydrogen) atoms. The fourth-order valence-corrected chi connectivity index (χ4v) is 2.61. The van der Waals surface area contributed by atoms with E-state index in [1.807, 2.05) is 11.3 Å². The van der Waals surface area contributed by atoms with Crippen molar-refractivity contribution >= 4 is 23.7 Å². The minimum Gasteiger partial charge on any atom is -0.310 e. The number of hydrogen-bond donors (Lipinski definition) is 1. The molecule has 0 bridgehead atoms. The molecule has 2 rings (SSSR count). The second-order valence-electron chi connectivity index (χ2n) is 4.67. The monoisotopic (exact) mass is 281 g/mol. The molecule has 0 amide bonds. The molecule has 0 aliphatic carbocycles. The van der Waals surface area contributed by atoms with Crippen LogP contribution in [0.25, 0.3) is 10.4 Å². The summed E-state index contributed by atoms with van der Waals surface area (Å²) >= 11 is 1.87. The molecule has 0 atom stereocenters. The summed E-state index contributed by atoms with van der Waals surface area (Å²) in [7, 11) is 0. The van der Waals surface area contributed by atoms with Crippen LogP contribution in [0.3, 0.4) is 0 Å². The van der Waals surface area contributed by atoms with E-state index in [0.29, 0.717) is 6.04 Å². The third-order valence-corrected chi connectivity index (χ3v) is 3.82. The van der Waals surface area contributed by atoms with E-state index in [1.165, 1.54) is 20.9 Å². The normalized spacial score (nSPS) is 10.4. The van der Waals surface area contributed by atoms with E-state index in [0.717, 1.165) is 6.54 Å². The molecule has 3 heteroatoms. The number of thiophene rings is 1. The van der Waals surface area contributed by atoms with E-state index in [1.54, 1.807) is 0 Å². The van der Waals surface area contributed by atoms with Crippen LogP contribution in [0.2, 0.25) is 0 Å². The average Bonchev–Trinajstić information content (AvgIpc) is 2.76. The van der Waals surface area contributed by atoms with Crippen molar-refractivity contribution in [3.63, 3.8) is 0 Å². The molecule has 0 aliphatic rings. The molecule has 1 aromatic carbocycles. The highest BCUT2D eigenvalue weighted by Crippen LogP contribution is 2.28. The Bertz CT molecular complexity index is 473. The maximum absolute atomic E-state index is 3.45. The van der Waals surface area contributed by atoms with Gasteiger partial charge in [0.05, 0.1) is 0 Å². The highest BCUT2D eigenvalue weighted by molar-refractivity contribution is 7.15. The summed E-state index contributed by atoms with van der Waals surface area (Å²) in [6, 6.07) is 13.7. The first-order valence-electron chi connectivity index (χ1n) is 6.04. The number of rotatable bonds is 4. The molecule has 1 heterocycles. The van der Waals surface area contributed by atoms with Gasteiger partial charge in [-0.1, -0.05) is 43.7 Å². The second kappa shape index (κ2) is 6.93. The first-order chi connectivity index (χ1) is 8.15. The Morgan fingerprint density at radius 1 is 1.06 bits per heavy atom. The van der Waals surface area contributed by atoms with Crippen LogP contribution in [0.4, 0.5) is 0 Å². The lowest BCUT2D eigenvalue weighted by atomic mass is 10.1. The summed E-state index contributed by atoms with van der Waals surface area (Å²) < 4.78 is 0. The van der Waals surface area contributed by atoms with Crippen LogP contribution >= 0.6 is 23.7 Å². The van der Waals surface area contributed by atoms with Gasteiger partial charge in [0.2, 0.25) is 0 Å². The molecule has 2 aromatic rings. The number of halogens is 1. The van der Waals surface area contributed by atoms with Gasteiger partial charge >= 0.3 is 0 Å². The van der Waals surface area contributed by atoms with Crippen molar-refractivity contribution in [3.05, 3.63) is 46.8 Å². The van der Waals surface area contributed by atoms with Crippen molar-refractivity contribution in [2.75, 3.05) is 0 Å². The predicted octanol–water partition coefficient (Wildman–Crippen LogP) is 4.64. The lowest BCUT2D eigenvalue weighted by Crippen LogP contribution is -2.21. The Balaban J connectivity index is 0.00000162. The zero-order chi connectivity index (χ0) is 12.3. The number of hydrogen-bond acceptors (Lipinski definition) is 2. The molecular formula is C15H20ClNS. The summed E-state index contributed by atoms with van der Waals surface area (Å²) in [5.41, 5.74) is 2.63. The summed E-state index contributed by atoms with van der Waals surface area (Å²) in [5.74, 6) is 0. The fourth-order valence-electron chi connectivity index (χ4n) is 1.65. The van der Waals surface area contributed by atoms with E-state index >= 15 is 0 Å². The number of nitrogens with one attached hydrogen (secondary N) is 1. The van der Waals surface area contributed by atoms with Gasteiger partial charge in [-0.3, -0.25) is 0 Å². The smallest absolute Gasteiger partial charge is 0.0346 e. The molecule has 0 saturated heterocycles. The van der Waals surface area contributed by atoms with Crippen LogP contribution in [0.15, 0.2) is 36.4 Å². The van der Waals surface area contributed by atoms with Gasteiger partial charge in [0.15, 0.2) is 0 Å². The Kier molecular flexibility index (Phi) is 5.86. The van der Waals surface area contributed by atoms with Gasteiger partial charge in [-0.05, 0) is 24.6 Å². The molecule has 0 spiro atoms. The highest BCUT2D eigenvalue weighted by Gasteiger charge is 2.03. The first kappa shape index (κ1) is 15.2. The number of benzene rings is 1. The molecule has 1 N–H and O–H groups in total. The van der Waals surface area contributed by atoms with Crippen LogP contribution in [0, 0.1) is 6.92 Å². The third-order valence-electron chi connectivity index (χ3n) is 2.68. The lowest BCUT2D eigenvalue weighted by molar-refractivity contribution is 0.593. The molecule has 0 unspecified atom stereocenters. The summed E-state index contributed by atoms with van der Waals surface area (Å²) in [4.78, 5) is 2.75. The molecule has 0 fully saturated rings. The first-order valence-corrected chi connectivity index (χ1v) is 6.86. The van der Waals surface area contributed by atoms with Gasteiger partial charge in [-0.25, -0.2) is 0 Å². The standard InChI is InChI=1S/C15H19NS.ClH/c1-11(2)16-10-14-8-9-15(17-14)13-6-4-12(3)5-7-13;/h4-9,11,16H,10H2,1-3H3;1H. The second-order valence-corrected chi connectivity index (χ2v) is 5.84. The lowest BCUT2D eigenvalue weighted by Gasteiger charge is -2.05. The zero-order valence-corrected chi connectivity index (χ0v) is 12.7. The van der Waals surface area contributed by atoms with Crippen molar-refractivity contribution in [2.24, 2.45) is 0 Å². The van der Waals surface area contributed by atoms with E-state index in [4.69, 9.17) is 0 Å². The van der Waals surface area contributed by atoms with Gasteiger partial charge < -0.3 is 5.32 Å². The van der Waals surface area contributed by atoms with Crippen molar-refractivity contribution in [1.29, 1.82) is 0 Å². The minimum atomic E-state index is 0. The quantitative estimate of drug-likeness (QED) is 0.861. The van der Waals surface area contributed by atoms with E-state index in [-0.39, 0.29) is 12.4 Å². The van der Waals surface area contributed by atoms with Gasteiger partial charge in [0.25, 0.3) is 0 Å². The Morgan fingerprint density at radius 3 is 2.33 bits per heavy atom. The van der Waals surface area contributed by atoms with Crippen molar-refractivity contribution in [2.45, 2.75) is 33.4 Å². The topological polar surface area (TPSA) is 12.0 Å². The fraction of sp³-hybridized carbons (Fsp3) is 0.333. The summed E-state index contributed by atoms with van der Waals surface area (Å²) in [5, 5.41) is 3.45. The molecule has 0 aliphatic heterocycles. The Hall–Kier alpha value is -0.830. The van der Waals surface area contributed by atoms with E-state index in [9.17, 15) is 0 Å². The molecule has 1 aromatic heterocycles. The van der Waals surface area contributed by atoms with E-state index in [2.05, 4.69) is 62.5 Å².